The van der Waals surface area contributed by atoms with E-state index in [1.54, 1.807) is 7.05 Å². The lowest BCUT2D eigenvalue weighted by atomic mass is 9.81. The van der Waals surface area contributed by atoms with E-state index >= 15 is 0 Å². The van der Waals surface area contributed by atoms with Crippen LogP contribution in [0.15, 0.2) is 0 Å². The molecule has 5 heteroatoms. The number of carbonyl (C=O) groups excluding carboxylic acids is 2. The molecule has 1 saturated heterocycles. The zero-order chi connectivity index (χ0) is 12.4. The van der Waals surface area contributed by atoms with Crippen LogP contribution in [0.4, 0.5) is 4.79 Å². The van der Waals surface area contributed by atoms with Crippen LogP contribution in [0.25, 0.3) is 0 Å². The van der Waals surface area contributed by atoms with E-state index in [4.69, 9.17) is 0 Å². The minimum Gasteiger partial charge on any atom is -0.320 e. The molecule has 1 heterocycles. The van der Waals surface area contributed by atoms with Gasteiger partial charge in [-0.15, -0.1) is 0 Å². The van der Waals surface area contributed by atoms with Crippen molar-refractivity contribution in [1.82, 2.24) is 9.80 Å². The molecule has 0 aromatic heterocycles. The fourth-order valence-corrected chi connectivity index (χ4v) is 3.09. The molecule has 4 nitrogen and oxygen atoms in total. The van der Waals surface area contributed by atoms with Crippen molar-refractivity contribution >= 4 is 24.6 Å². The van der Waals surface area contributed by atoms with Crippen LogP contribution in [0.2, 0.25) is 0 Å². The van der Waals surface area contributed by atoms with Gasteiger partial charge < -0.3 is 4.90 Å². The maximum absolute atomic E-state index is 12.1. The SMILES string of the molecule is CN1C(=O)C2CCCCC2N(CCCS)C1=O. The number of thiol groups is 1. The lowest BCUT2D eigenvalue weighted by Gasteiger charge is -2.45. The third-order valence-corrected chi connectivity index (χ3v) is 4.18. The summed E-state index contributed by atoms with van der Waals surface area (Å²) in [5.74, 6) is 0.826. The van der Waals surface area contributed by atoms with Crippen LogP contribution in [0.5, 0.6) is 0 Å². The van der Waals surface area contributed by atoms with E-state index in [0.29, 0.717) is 0 Å². The molecule has 0 radical (unpaired) electrons. The molecule has 3 amide bonds. The van der Waals surface area contributed by atoms with Gasteiger partial charge in [0.25, 0.3) is 0 Å². The third-order valence-electron chi connectivity index (χ3n) is 3.87. The van der Waals surface area contributed by atoms with E-state index in [9.17, 15) is 9.59 Å². The minimum absolute atomic E-state index is 0.0156. The van der Waals surface area contributed by atoms with Crippen molar-refractivity contribution in [2.24, 2.45) is 5.92 Å². The maximum Gasteiger partial charge on any atom is 0.326 e. The number of hydrogen-bond acceptors (Lipinski definition) is 3. The molecule has 2 unspecified atom stereocenters. The molecule has 1 saturated carbocycles. The van der Waals surface area contributed by atoms with Crippen LogP contribution < -0.4 is 0 Å². The van der Waals surface area contributed by atoms with Crippen LogP contribution in [0.3, 0.4) is 0 Å². The standard InChI is InChI=1S/C12H20N2O2S/c1-13-11(15)9-5-2-3-6-10(9)14(12(13)16)7-4-8-17/h9-10,17H,2-8H2,1H3. The number of imide groups is 1. The Hall–Kier alpha value is -0.710. The number of nitrogens with zero attached hydrogens (tertiary/aromatic N) is 2. The summed E-state index contributed by atoms with van der Waals surface area (Å²) in [5.41, 5.74) is 0. The monoisotopic (exact) mass is 256 g/mol. The van der Waals surface area contributed by atoms with Gasteiger partial charge in [0.15, 0.2) is 0 Å². The quantitative estimate of drug-likeness (QED) is 0.782. The Morgan fingerprint density at radius 1 is 1.29 bits per heavy atom. The van der Waals surface area contributed by atoms with Gasteiger partial charge in [-0.25, -0.2) is 4.79 Å². The Bertz CT molecular complexity index is 322. The van der Waals surface area contributed by atoms with Gasteiger partial charge >= 0.3 is 6.03 Å². The number of rotatable bonds is 3. The molecule has 17 heavy (non-hydrogen) atoms. The van der Waals surface area contributed by atoms with E-state index in [1.165, 1.54) is 4.90 Å². The average Bonchev–Trinajstić information content (AvgIpc) is 2.36. The van der Waals surface area contributed by atoms with Crippen LogP contribution in [-0.2, 0) is 4.79 Å². The summed E-state index contributed by atoms with van der Waals surface area (Å²) in [6.07, 6.45) is 5.03. The zero-order valence-electron chi connectivity index (χ0n) is 10.3. The lowest BCUT2D eigenvalue weighted by Crippen LogP contribution is -2.61. The Morgan fingerprint density at radius 3 is 2.71 bits per heavy atom. The molecule has 2 fully saturated rings. The first-order chi connectivity index (χ1) is 8.16. The van der Waals surface area contributed by atoms with Crippen molar-refractivity contribution in [3.63, 3.8) is 0 Å². The molecular formula is C12H20N2O2S. The molecule has 0 bridgehead atoms. The van der Waals surface area contributed by atoms with Gasteiger partial charge in [0, 0.05) is 19.6 Å². The number of hydrogen-bond donors (Lipinski definition) is 1. The first kappa shape index (κ1) is 12.7. The van der Waals surface area contributed by atoms with Crippen LogP contribution in [-0.4, -0.2) is 47.1 Å². The fourth-order valence-electron chi connectivity index (χ4n) is 2.95. The summed E-state index contributed by atoms with van der Waals surface area (Å²) in [4.78, 5) is 27.3. The summed E-state index contributed by atoms with van der Waals surface area (Å²) in [7, 11) is 1.60. The van der Waals surface area contributed by atoms with Crippen molar-refractivity contribution in [1.29, 1.82) is 0 Å². The Balaban J connectivity index is 2.16. The number of urea groups is 1. The first-order valence-corrected chi connectivity index (χ1v) is 6.99. The fraction of sp³-hybridized carbons (Fsp3) is 0.833. The molecule has 0 N–H and O–H groups in total. The van der Waals surface area contributed by atoms with Gasteiger partial charge in [0.2, 0.25) is 5.91 Å². The van der Waals surface area contributed by atoms with E-state index in [2.05, 4.69) is 12.6 Å². The van der Waals surface area contributed by atoms with Crippen LogP contribution >= 0.6 is 12.6 Å². The van der Waals surface area contributed by atoms with Gasteiger partial charge in [-0.2, -0.15) is 12.6 Å². The van der Waals surface area contributed by atoms with Crippen molar-refractivity contribution < 1.29 is 9.59 Å². The van der Waals surface area contributed by atoms with Crippen LogP contribution in [0, 0.1) is 5.92 Å². The highest BCUT2D eigenvalue weighted by atomic mass is 32.1. The van der Waals surface area contributed by atoms with Gasteiger partial charge in [-0.1, -0.05) is 12.8 Å². The van der Waals surface area contributed by atoms with Crippen molar-refractivity contribution in [3.8, 4) is 0 Å². The molecule has 2 aliphatic rings. The third kappa shape index (κ3) is 2.30. The minimum atomic E-state index is -0.125. The molecule has 1 aliphatic heterocycles. The number of fused-ring (bicyclic) bond motifs is 1. The second kappa shape index (κ2) is 5.29. The molecule has 2 atom stereocenters. The maximum atomic E-state index is 12.1. The first-order valence-electron chi connectivity index (χ1n) is 6.36. The highest BCUT2D eigenvalue weighted by Crippen LogP contribution is 2.33. The molecule has 2 rings (SSSR count). The van der Waals surface area contributed by atoms with Crippen molar-refractivity contribution in [2.75, 3.05) is 19.3 Å². The molecule has 0 aromatic carbocycles. The summed E-state index contributed by atoms with van der Waals surface area (Å²) in [5, 5.41) is 0. The zero-order valence-corrected chi connectivity index (χ0v) is 11.2. The van der Waals surface area contributed by atoms with E-state index in [1.807, 2.05) is 4.90 Å². The Morgan fingerprint density at radius 2 is 2.00 bits per heavy atom. The van der Waals surface area contributed by atoms with Crippen LogP contribution in [0.1, 0.15) is 32.1 Å². The summed E-state index contributed by atoms with van der Waals surface area (Å²) in [6, 6.07) is 0.0137. The molecule has 1 aliphatic carbocycles. The Labute approximate surface area is 108 Å². The smallest absolute Gasteiger partial charge is 0.320 e. The molecule has 0 aromatic rings. The highest BCUT2D eigenvalue weighted by Gasteiger charge is 2.44. The molecular weight excluding hydrogens is 236 g/mol. The Kier molecular flexibility index (Phi) is 3.97. The van der Waals surface area contributed by atoms with Crippen molar-refractivity contribution in [3.05, 3.63) is 0 Å². The summed E-state index contributed by atoms with van der Waals surface area (Å²) >= 11 is 4.19. The lowest BCUT2D eigenvalue weighted by molar-refractivity contribution is -0.139. The van der Waals surface area contributed by atoms with Gasteiger partial charge in [0.1, 0.15) is 0 Å². The van der Waals surface area contributed by atoms with E-state index in [0.717, 1.165) is 44.4 Å². The predicted molar refractivity (Wildman–Crippen MR) is 69.1 cm³/mol. The topological polar surface area (TPSA) is 40.6 Å². The largest absolute Gasteiger partial charge is 0.326 e. The average molecular weight is 256 g/mol. The second-order valence-electron chi connectivity index (χ2n) is 4.91. The van der Waals surface area contributed by atoms with Crippen molar-refractivity contribution in [2.45, 2.75) is 38.1 Å². The highest BCUT2D eigenvalue weighted by molar-refractivity contribution is 7.80. The second-order valence-corrected chi connectivity index (χ2v) is 5.36. The normalized spacial score (nSPS) is 29.5. The van der Waals surface area contributed by atoms with E-state index in [-0.39, 0.29) is 23.9 Å². The number of carbonyl (C=O) groups is 2. The van der Waals surface area contributed by atoms with Gasteiger partial charge in [0.05, 0.1) is 5.92 Å². The molecule has 0 spiro atoms. The number of amides is 3. The van der Waals surface area contributed by atoms with Gasteiger partial charge in [-0.05, 0) is 25.0 Å². The summed E-state index contributed by atoms with van der Waals surface area (Å²) in [6.45, 7) is 0.723. The molecule has 96 valence electrons. The van der Waals surface area contributed by atoms with E-state index < -0.39 is 0 Å². The summed E-state index contributed by atoms with van der Waals surface area (Å²) < 4.78 is 0. The van der Waals surface area contributed by atoms with Gasteiger partial charge in [-0.3, -0.25) is 9.69 Å². The predicted octanol–water partition coefficient (Wildman–Crippen LogP) is 1.76.